The molecule has 0 unspecified atom stereocenters. The van der Waals surface area contributed by atoms with E-state index in [0.29, 0.717) is 0 Å². The first-order chi connectivity index (χ1) is 15.9. The Labute approximate surface area is 161 Å². The quantitative estimate of drug-likeness (QED) is 0.358. The smallest absolute Gasteiger partial charge is 0.322 e. The van der Waals surface area contributed by atoms with Crippen molar-refractivity contribution >= 4 is 23.8 Å². The molecule has 1 saturated carbocycles. The van der Waals surface area contributed by atoms with E-state index in [9.17, 15) is 19.2 Å². The maximum absolute atomic E-state index is 12.7. The largest absolute Gasteiger partial charge is 0.481 e. The minimum Gasteiger partial charge on any atom is -0.481 e. The molecule has 2 atom stereocenters. The van der Waals surface area contributed by atoms with Gasteiger partial charge in [0.25, 0.3) is 0 Å². The molecule has 0 radical (unpaired) electrons. The molecule has 6 N–H and O–H groups in total. The topological polar surface area (TPSA) is 159 Å². The lowest BCUT2D eigenvalue weighted by molar-refractivity contribution is -0.140. The molecule has 0 spiro atoms. The number of carbonyl (C=O) groups is 4. The van der Waals surface area contributed by atoms with Gasteiger partial charge in [-0.2, -0.15) is 0 Å². The maximum Gasteiger partial charge on any atom is 0.322 e. The summed E-state index contributed by atoms with van der Waals surface area (Å²) in [6.45, 7) is -0.882. The van der Waals surface area contributed by atoms with E-state index in [-0.39, 0.29) is 0 Å². The summed E-state index contributed by atoms with van der Waals surface area (Å²) in [6.07, 6.45) is -21.4. The van der Waals surface area contributed by atoms with E-state index in [1.165, 1.54) is 0 Å². The van der Waals surface area contributed by atoms with Crippen LogP contribution >= 0.6 is 0 Å². The predicted molar refractivity (Wildman–Crippen MR) is 88.6 cm³/mol. The number of carboxylic acid groups (broad SMARTS) is 2. The maximum atomic E-state index is 12.7. The van der Waals surface area contributed by atoms with Gasteiger partial charge in [-0.25, -0.2) is 0 Å². The number of carboxylic acids is 2. The minimum atomic E-state index is -3.77. The third-order valence-corrected chi connectivity index (χ3v) is 3.01. The van der Waals surface area contributed by atoms with Crippen molar-refractivity contribution in [1.82, 2.24) is 10.6 Å². The van der Waals surface area contributed by atoms with Crippen LogP contribution in [-0.2, 0) is 19.2 Å². The zero-order chi connectivity index (χ0) is 28.7. The summed E-state index contributed by atoms with van der Waals surface area (Å²) in [5.41, 5.74) is 5.70. The van der Waals surface area contributed by atoms with Gasteiger partial charge >= 0.3 is 11.9 Å². The lowest BCUT2D eigenvalue weighted by Gasteiger charge is -2.25. The second kappa shape index (κ2) is 10.7. The molecule has 1 aliphatic carbocycles. The number of carbonyl (C=O) groups excluding carboxylic acids is 2. The summed E-state index contributed by atoms with van der Waals surface area (Å²) in [5, 5.41) is 21.4. The second-order valence-corrected chi connectivity index (χ2v) is 5.02. The summed E-state index contributed by atoms with van der Waals surface area (Å²) in [7, 11) is 0. The average Bonchev–Trinajstić information content (AvgIpc) is 2.72. The Morgan fingerprint density at radius 2 is 1.76 bits per heavy atom. The fourth-order valence-electron chi connectivity index (χ4n) is 1.79. The first kappa shape index (κ1) is 9.51. The molecule has 9 nitrogen and oxygen atoms in total. The van der Waals surface area contributed by atoms with E-state index in [0.717, 1.165) is 0 Å². The Hall–Kier alpha value is -2.16. The molecule has 9 heteroatoms. The molecule has 1 rings (SSSR count). The highest BCUT2D eigenvalue weighted by Crippen LogP contribution is 2.26. The summed E-state index contributed by atoms with van der Waals surface area (Å²) in [4.78, 5) is 46.4. The van der Waals surface area contributed by atoms with Gasteiger partial charge in [0, 0.05) is 21.5 Å². The van der Waals surface area contributed by atoms with Crippen molar-refractivity contribution in [2.45, 2.75) is 63.2 Å². The molecule has 25 heavy (non-hydrogen) atoms. The van der Waals surface area contributed by atoms with Crippen LogP contribution in [0.25, 0.3) is 0 Å². The number of aliphatic carboxylic acids is 2. The standard InChI is InChI=1S/C16H27N3O6/c17-11(8-10-4-2-1-3-5-10)15(24)19-12(6-7-13(20)21)16(25)18-9-14(22)23/h10-12H,1-9,17H2,(H,18,25)(H,19,24)(H,20,21)(H,22,23)/t11-,12-/m1/s1/i1D2,2D2,3D2,4D2,5D2,10D. The van der Waals surface area contributed by atoms with E-state index in [2.05, 4.69) is 0 Å². The number of amides is 2. The highest BCUT2D eigenvalue weighted by Gasteiger charge is 2.26. The van der Waals surface area contributed by atoms with Crippen molar-refractivity contribution in [3.8, 4) is 0 Å². The molecule has 142 valence electrons. The van der Waals surface area contributed by atoms with Gasteiger partial charge in [-0.1, -0.05) is 31.9 Å². The van der Waals surface area contributed by atoms with Crippen LogP contribution in [0.3, 0.4) is 0 Å². The van der Waals surface area contributed by atoms with Crippen molar-refractivity contribution in [2.24, 2.45) is 11.6 Å². The van der Waals surface area contributed by atoms with Crippen LogP contribution in [0.2, 0.25) is 0 Å². The predicted octanol–water partition coefficient (Wildman–Crippen LogP) is -0.165. The fraction of sp³-hybridized carbons (Fsp3) is 0.750. The number of hydrogen-bond acceptors (Lipinski definition) is 5. The number of nitrogens with one attached hydrogen (secondary N) is 2. The third kappa shape index (κ3) is 8.48. The molecule has 1 fully saturated rings. The Bertz CT molecular complexity index is 884. The Kier molecular flexibility index (Phi) is 4.05. The van der Waals surface area contributed by atoms with Crippen molar-refractivity contribution in [3.63, 3.8) is 0 Å². The Balaban J connectivity index is 3.32. The summed E-state index contributed by atoms with van der Waals surface area (Å²) >= 11 is 0. The highest BCUT2D eigenvalue weighted by molar-refractivity contribution is 5.91. The van der Waals surface area contributed by atoms with E-state index in [1.807, 2.05) is 10.6 Å². The minimum absolute atomic E-state index is 0.543. The number of rotatable bonds is 10. The van der Waals surface area contributed by atoms with E-state index >= 15 is 0 Å². The molecular formula is C16H27N3O6. The van der Waals surface area contributed by atoms with Crippen LogP contribution in [0.4, 0.5) is 0 Å². The average molecular weight is 368 g/mol. The lowest BCUT2D eigenvalue weighted by Crippen LogP contribution is -2.52. The number of nitrogens with two attached hydrogens (primary N) is 1. The molecular weight excluding hydrogens is 330 g/mol. The van der Waals surface area contributed by atoms with E-state index in [1.54, 1.807) is 0 Å². The van der Waals surface area contributed by atoms with Gasteiger partial charge in [-0.15, -0.1) is 0 Å². The van der Waals surface area contributed by atoms with Crippen LogP contribution in [0.5, 0.6) is 0 Å². The first-order valence-electron chi connectivity index (χ1n) is 12.7. The monoisotopic (exact) mass is 368 g/mol. The molecule has 0 bridgehead atoms. The van der Waals surface area contributed by atoms with Crippen LogP contribution in [0.1, 0.15) is 66.2 Å². The van der Waals surface area contributed by atoms with Gasteiger partial charge in [-0.05, 0) is 18.7 Å². The Morgan fingerprint density at radius 3 is 2.32 bits per heavy atom. The third-order valence-electron chi connectivity index (χ3n) is 3.01. The van der Waals surface area contributed by atoms with E-state index < -0.39 is 99.4 Å². The van der Waals surface area contributed by atoms with Gasteiger partial charge in [0.05, 0.1) is 6.04 Å². The molecule has 0 heterocycles. The molecule has 0 aromatic heterocycles. The van der Waals surface area contributed by atoms with Crippen molar-refractivity contribution in [3.05, 3.63) is 0 Å². The van der Waals surface area contributed by atoms with Crippen molar-refractivity contribution in [2.75, 3.05) is 6.54 Å². The fourth-order valence-corrected chi connectivity index (χ4v) is 1.79. The van der Waals surface area contributed by atoms with Crippen LogP contribution in [0.15, 0.2) is 0 Å². The molecule has 0 aliphatic heterocycles. The zero-order valence-electron chi connectivity index (χ0n) is 24.1. The van der Waals surface area contributed by atoms with Crippen LogP contribution in [-0.4, -0.2) is 52.6 Å². The van der Waals surface area contributed by atoms with Crippen molar-refractivity contribution in [1.29, 1.82) is 0 Å². The molecule has 0 aromatic carbocycles. The van der Waals surface area contributed by atoms with Crippen molar-refractivity contribution < 1.29 is 44.5 Å². The first-order valence-corrected chi connectivity index (χ1v) is 7.19. The molecule has 2 amide bonds. The Morgan fingerprint density at radius 1 is 1.12 bits per heavy atom. The second-order valence-electron chi connectivity index (χ2n) is 5.02. The zero-order valence-corrected chi connectivity index (χ0v) is 13.1. The highest BCUT2D eigenvalue weighted by atomic mass is 16.4. The van der Waals surface area contributed by atoms with Gasteiger partial charge in [0.15, 0.2) is 0 Å². The molecule has 0 saturated heterocycles. The van der Waals surface area contributed by atoms with Gasteiger partial charge in [0.1, 0.15) is 12.6 Å². The van der Waals surface area contributed by atoms with Gasteiger partial charge < -0.3 is 26.6 Å². The normalized spacial score (nSPS) is 35.2. The van der Waals surface area contributed by atoms with Crippen LogP contribution in [0, 0.1) is 5.89 Å². The summed E-state index contributed by atoms with van der Waals surface area (Å²) in [5.74, 6) is -8.79. The summed E-state index contributed by atoms with van der Waals surface area (Å²) < 4.78 is 88.1. The van der Waals surface area contributed by atoms with E-state index in [4.69, 9.17) is 31.0 Å². The lowest BCUT2D eigenvalue weighted by atomic mass is 9.85. The SMILES string of the molecule is [2H]C1([2H])C([2H])([2H])C([2H])([2H])C([2H])(C[C@@H](N)C(=O)N[C@H](CCC(=O)O)C(=O)NCC(=O)O)C([2H])([2H])C1([2H])[2H]. The molecule has 1 aliphatic rings. The van der Waals surface area contributed by atoms with Crippen LogP contribution < -0.4 is 16.4 Å². The summed E-state index contributed by atoms with van der Waals surface area (Å²) in [6, 6.07) is -3.74. The van der Waals surface area contributed by atoms with Gasteiger partial charge in [-0.3, -0.25) is 19.2 Å². The number of hydrogen-bond donors (Lipinski definition) is 5. The molecule has 0 aromatic rings. The van der Waals surface area contributed by atoms with Gasteiger partial charge in [0.2, 0.25) is 11.8 Å².